The largest absolute Gasteiger partial charge is 0.462 e. The van der Waals surface area contributed by atoms with Crippen LogP contribution in [-0.2, 0) is 23.5 Å². The van der Waals surface area contributed by atoms with Gasteiger partial charge in [-0.2, -0.15) is 0 Å². The number of Topliss-reactive ketones (excluding diaryl/α,β-unsaturated/α-hetero) is 1. The molecule has 0 bridgehead atoms. The first kappa shape index (κ1) is 32.6. The zero-order valence-electron chi connectivity index (χ0n) is 27.1. The van der Waals surface area contributed by atoms with E-state index in [0.717, 1.165) is 32.1 Å². The lowest BCUT2D eigenvalue weighted by atomic mass is 9.48. The van der Waals surface area contributed by atoms with E-state index in [9.17, 15) is 14.4 Å². The van der Waals surface area contributed by atoms with Crippen molar-refractivity contribution >= 4 is 26.6 Å². The van der Waals surface area contributed by atoms with Crippen molar-refractivity contribution in [3.63, 3.8) is 0 Å². The van der Waals surface area contributed by atoms with Gasteiger partial charge >= 0.3 is 5.97 Å². The van der Waals surface area contributed by atoms with E-state index in [1.54, 1.807) is 0 Å². The van der Waals surface area contributed by atoms with Crippen LogP contribution in [0.4, 0.5) is 0 Å². The van der Waals surface area contributed by atoms with Crippen LogP contribution in [-0.4, -0.2) is 38.8 Å². The summed E-state index contributed by atoms with van der Waals surface area (Å²) in [6.07, 6.45) is 16.6. The van der Waals surface area contributed by atoms with Crippen molar-refractivity contribution in [2.45, 2.75) is 150 Å². The number of carbonyl (C=O) groups excluding carboxylic acids is 3. The third-order valence-electron chi connectivity index (χ3n) is 11.1. The minimum atomic E-state index is -0.686. The SMILES string of the molecule is CC(=O)O[C@@H]1C[C@]2(C)C(=O)CC[C@H]2[C@@H]2[C@H](CCCCCCCCC(O[Si](C)C)C(C)(C)C)CC3=CC(=O)CC[C@@H]3[C@H]21. The van der Waals surface area contributed by atoms with Crippen molar-refractivity contribution in [1.82, 2.24) is 0 Å². The highest BCUT2D eigenvalue weighted by molar-refractivity contribution is 6.48. The molecule has 5 nitrogen and oxygen atoms in total. The predicted molar refractivity (Wildman–Crippen MR) is 166 cm³/mol. The van der Waals surface area contributed by atoms with Gasteiger partial charge in [0.25, 0.3) is 0 Å². The van der Waals surface area contributed by atoms with E-state index in [0.29, 0.717) is 54.8 Å². The lowest BCUT2D eigenvalue weighted by Gasteiger charge is -2.57. The van der Waals surface area contributed by atoms with E-state index in [-0.39, 0.29) is 34.6 Å². The third kappa shape index (κ3) is 7.63. The number of allylic oxidation sites excluding steroid dienone is 1. The topological polar surface area (TPSA) is 69.7 Å². The summed E-state index contributed by atoms with van der Waals surface area (Å²) in [5, 5.41) is 0. The van der Waals surface area contributed by atoms with Crippen LogP contribution in [0.25, 0.3) is 0 Å². The normalized spacial score (nSPS) is 34.1. The molecule has 41 heavy (non-hydrogen) atoms. The molecular formula is C35H57O5Si. The van der Waals surface area contributed by atoms with Crippen LogP contribution in [0.2, 0.25) is 13.1 Å². The molecule has 4 aliphatic carbocycles. The van der Waals surface area contributed by atoms with Crippen molar-refractivity contribution in [2.24, 2.45) is 40.4 Å². The molecule has 0 aliphatic heterocycles. The summed E-state index contributed by atoms with van der Waals surface area (Å²) in [6, 6.07) is 0. The average molecular weight is 586 g/mol. The molecule has 6 heteroatoms. The fourth-order valence-electron chi connectivity index (χ4n) is 9.20. The van der Waals surface area contributed by atoms with E-state index in [1.165, 1.54) is 51.0 Å². The quantitative estimate of drug-likeness (QED) is 0.131. The minimum Gasteiger partial charge on any atom is -0.462 e. The van der Waals surface area contributed by atoms with Crippen LogP contribution < -0.4 is 0 Å². The summed E-state index contributed by atoms with van der Waals surface area (Å²) in [7, 11) is -0.686. The summed E-state index contributed by atoms with van der Waals surface area (Å²) in [5.74, 6) is 2.18. The Morgan fingerprint density at radius 1 is 1.02 bits per heavy atom. The number of esters is 1. The molecule has 0 aromatic rings. The number of hydrogen-bond acceptors (Lipinski definition) is 5. The van der Waals surface area contributed by atoms with Gasteiger partial charge < -0.3 is 9.16 Å². The lowest BCUT2D eigenvalue weighted by Crippen LogP contribution is -2.56. The molecule has 0 saturated heterocycles. The van der Waals surface area contributed by atoms with Crippen molar-refractivity contribution in [1.29, 1.82) is 0 Å². The lowest BCUT2D eigenvalue weighted by molar-refractivity contribution is -0.173. The highest BCUT2D eigenvalue weighted by atomic mass is 28.3. The first-order valence-corrected chi connectivity index (χ1v) is 19.1. The van der Waals surface area contributed by atoms with E-state index < -0.39 is 9.04 Å². The molecule has 1 unspecified atom stereocenters. The van der Waals surface area contributed by atoms with E-state index in [2.05, 4.69) is 40.8 Å². The van der Waals surface area contributed by atoms with Crippen molar-refractivity contribution in [3.05, 3.63) is 11.6 Å². The molecule has 231 valence electrons. The molecule has 3 fully saturated rings. The van der Waals surface area contributed by atoms with Gasteiger partial charge in [-0.25, -0.2) is 0 Å². The Morgan fingerprint density at radius 2 is 1.71 bits per heavy atom. The Morgan fingerprint density at radius 3 is 2.37 bits per heavy atom. The second-order valence-electron chi connectivity index (χ2n) is 15.4. The molecule has 0 spiro atoms. The van der Waals surface area contributed by atoms with Crippen LogP contribution in [0.3, 0.4) is 0 Å². The molecular weight excluding hydrogens is 528 g/mol. The summed E-state index contributed by atoms with van der Waals surface area (Å²) in [6.45, 7) is 15.0. The van der Waals surface area contributed by atoms with E-state index >= 15 is 0 Å². The molecule has 0 N–H and O–H groups in total. The Balaban J connectivity index is 1.37. The standard InChI is InChI=1S/C35H57O5Si/c1-23(36)39-29-22-35(5)28(18-19-30(35)38)32-24(20-25-21-26(37)16-17-27(25)33(29)32)14-12-10-8-9-11-13-15-31(34(2,3)4)40-41(6)7/h21,24,27-29,31-33H,8-20,22H2,1-7H3/t24-,27+,28+,29-,31?,32+,33+,35+/m1/s1. The van der Waals surface area contributed by atoms with Gasteiger partial charge in [-0.1, -0.05) is 71.8 Å². The van der Waals surface area contributed by atoms with Gasteiger partial charge in [0.1, 0.15) is 11.9 Å². The van der Waals surface area contributed by atoms with Crippen molar-refractivity contribution in [3.8, 4) is 0 Å². The molecule has 8 atom stereocenters. The summed E-state index contributed by atoms with van der Waals surface area (Å²) >= 11 is 0. The van der Waals surface area contributed by atoms with Crippen LogP contribution in [0, 0.1) is 40.4 Å². The molecule has 0 amide bonds. The highest BCUT2D eigenvalue weighted by Crippen LogP contribution is 2.63. The molecule has 0 heterocycles. The molecule has 4 aliphatic rings. The second-order valence-corrected chi connectivity index (χ2v) is 17.4. The van der Waals surface area contributed by atoms with Gasteiger partial charge in [-0.05, 0) is 86.8 Å². The average Bonchev–Trinajstić information content (AvgIpc) is 3.16. The zero-order chi connectivity index (χ0) is 29.9. The Bertz CT molecular complexity index is 980. The molecule has 0 aromatic carbocycles. The van der Waals surface area contributed by atoms with E-state index in [1.807, 2.05) is 6.08 Å². The van der Waals surface area contributed by atoms with E-state index in [4.69, 9.17) is 9.16 Å². The van der Waals surface area contributed by atoms with Gasteiger partial charge in [0.2, 0.25) is 9.04 Å². The van der Waals surface area contributed by atoms with Crippen LogP contribution in [0.15, 0.2) is 11.6 Å². The monoisotopic (exact) mass is 585 g/mol. The maximum absolute atomic E-state index is 13.2. The van der Waals surface area contributed by atoms with Crippen LogP contribution in [0.5, 0.6) is 0 Å². The summed E-state index contributed by atoms with van der Waals surface area (Å²) < 4.78 is 12.3. The number of unbranched alkanes of at least 4 members (excludes halogenated alkanes) is 5. The summed E-state index contributed by atoms with van der Waals surface area (Å²) in [5.41, 5.74) is 1.12. The second kappa shape index (κ2) is 13.6. The summed E-state index contributed by atoms with van der Waals surface area (Å²) in [4.78, 5) is 37.9. The fraction of sp³-hybridized carbons (Fsp3) is 0.857. The third-order valence-corrected chi connectivity index (χ3v) is 11.8. The first-order valence-electron chi connectivity index (χ1n) is 16.7. The zero-order valence-corrected chi connectivity index (χ0v) is 28.1. The molecule has 0 aromatic heterocycles. The molecule has 4 rings (SSSR count). The highest BCUT2D eigenvalue weighted by Gasteiger charge is 2.62. The molecule has 3 saturated carbocycles. The first-order chi connectivity index (χ1) is 19.3. The fourth-order valence-corrected chi connectivity index (χ4v) is 10.2. The van der Waals surface area contributed by atoms with Gasteiger partial charge in [0.15, 0.2) is 5.78 Å². The Kier molecular flexibility index (Phi) is 10.8. The smallest absolute Gasteiger partial charge is 0.302 e. The number of carbonyl (C=O) groups is 3. The maximum Gasteiger partial charge on any atom is 0.302 e. The van der Waals surface area contributed by atoms with Crippen LogP contribution >= 0.6 is 0 Å². The van der Waals surface area contributed by atoms with Crippen LogP contribution in [0.1, 0.15) is 125 Å². The minimum absolute atomic E-state index is 0.199. The Hall–Kier alpha value is -1.27. The number of hydrogen-bond donors (Lipinski definition) is 0. The van der Waals surface area contributed by atoms with Gasteiger partial charge in [-0.3, -0.25) is 14.4 Å². The number of rotatable bonds is 12. The number of ether oxygens (including phenoxy) is 1. The van der Waals surface area contributed by atoms with Gasteiger partial charge in [0, 0.05) is 37.2 Å². The van der Waals surface area contributed by atoms with Crippen molar-refractivity contribution < 1.29 is 23.5 Å². The predicted octanol–water partition coefficient (Wildman–Crippen LogP) is 8.27. The Labute approximate surface area is 251 Å². The van der Waals surface area contributed by atoms with Gasteiger partial charge in [-0.15, -0.1) is 0 Å². The molecule has 1 radical (unpaired) electrons. The number of fused-ring (bicyclic) bond motifs is 5. The maximum atomic E-state index is 13.2. The van der Waals surface area contributed by atoms with Crippen molar-refractivity contribution in [2.75, 3.05) is 0 Å². The number of ketones is 2. The van der Waals surface area contributed by atoms with Gasteiger partial charge in [0.05, 0.1) is 0 Å².